The molecule has 3 heterocycles. The van der Waals surface area contributed by atoms with Gasteiger partial charge in [-0.1, -0.05) is 0 Å². The predicted molar refractivity (Wildman–Crippen MR) is 111 cm³/mol. The molecular formula is C21H26N6O3. The van der Waals surface area contributed by atoms with Crippen LogP contribution in [0.1, 0.15) is 12.5 Å². The molecule has 1 amide bonds. The third-order valence-corrected chi connectivity index (χ3v) is 5.45. The van der Waals surface area contributed by atoms with Crippen molar-refractivity contribution >= 4 is 22.6 Å². The van der Waals surface area contributed by atoms with Gasteiger partial charge in [0.1, 0.15) is 17.1 Å². The fourth-order valence-corrected chi connectivity index (χ4v) is 3.96. The number of morpholine rings is 2. The first-order valence-corrected chi connectivity index (χ1v) is 10.3. The molecule has 0 bridgehead atoms. The molecule has 9 nitrogen and oxygen atoms in total. The Kier molecular flexibility index (Phi) is 6.38. The smallest absolute Gasteiger partial charge is 0.251 e. The average molecular weight is 410 g/mol. The lowest BCUT2D eigenvalue weighted by Gasteiger charge is -2.37. The molecule has 1 N–H and O–H groups in total. The third-order valence-electron chi connectivity index (χ3n) is 5.45. The number of carbonyl (C=O) groups is 1. The summed E-state index contributed by atoms with van der Waals surface area (Å²) in [5.74, 6) is -0.108. The van der Waals surface area contributed by atoms with Crippen LogP contribution in [-0.2, 0) is 14.3 Å². The summed E-state index contributed by atoms with van der Waals surface area (Å²) in [7, 11) is 0. The molecule has 2 aliphatic heterocycles. The van der Waals surface area contributed by atoms with Gasteiger partial charge in [-0.3, -0.25) is 19.7 Å². The van der Waals surface area contributed by atoms with Gasteiger partial charge in [-0.2, -0.15) is 5.26 Å². The lowest BCUT2D eigenvalue weighted by Crippen LogP contribution is -2.53. The van der Waals surface area contributed by atoms with Gasteiger partial charge < -0.3 is 19.7 Å². The third kappa shape index (κ3) is 4.51. The second-order valence-electron chi connectivity index (χ2n) is 7.58. The Labute approximate surface area is 175 Å². The molecule has 2 fully saturated rings. The van der Waals surface area contributed by atoms with Gasteiger partial charge in [0.2, 0.25) is 0 Å². The monoisotopic (exact) mass is 410 g/mol. The van der Waals surface area contributed by atoms with Gasteiger partial charge in [-0.05, 0) is 19.1 Å². The summed E-state index contributed by atoms with van der Waals surface area (Å²) in [5.41, 5.74) is 2.58. The fraction of sp³-hybridized carbons (Fsp3) is 0.524. The van der Waals surface area contributed by atoms with Crippen LogP contribution in [0.3, 0.4) is 0 Å². The highest BCUT2D eigenvalue weighted by Gasteiger charge is 2.31. The highest BCUT2D eigenvalue weighted by atomic mass is 16.5. The molecule has 158 valence electrons. The van der Waals surface area contributed by atoms with E-state index in [-0.39, 0.29) is 12.0 Å². The van der Waals surface area contributed by atoms with E-state index in [9.17, 15) is 10.1 Å². The number of rotatable bonds is 5. The first-order valence-electron chi connectivity index (χ1n) is 10.3. The number of aromatic nitrogens is 2. The van der Waals surface area contributed by atoms with Crippen LogP contribution >= 0.6 is 0 Å². The topological polar surface area (TPSA) is 104 Å². The van der Waals surface area contributed by atoms with Gasteiger partial charge in [0, 0.05) is 45.1 Å². The van der Waals surface area contributed by atoms with Crippen LogP contribution in [0.2, 0.25) is 0 Å². The molecule has 2 unspecified atom stereocenters. The van der Waals surface area contributed by atoms with Crippen LogP contribution in [-0.4, -0.2) is 85.5 Å². The van der Waals surface area contributed by atoms with E-state index in [1.807, 2.05) is 13.0 Å². The molecule has 1 aromatic heterocycles. The van der Waals surface area contributed by atoms with Crippen molar-refractivity contribution in [1.82, 2.24) is 20.2 Å². The highest BCUT2D eigenvalue weighted by molar-refractivity contribution is 5.92. The minimum atomic E-state index is -0.569. The van der Waals surface area contributed by atoms with Crippen molar-refractivity contribution in [3.8, 4) is 6.07 Å². The normalized spacial score (nSPS) is 22.6. The van der Waals surface area contributed by atoms with Gasteiger partial charge in [0.15, 0.2) is 6.10 Å². The zero-order valence-corrected chi connectivity index (χ0v) is 17.1. The predicted octanol–water partition coefficient (Wildman–Crippen LogP) is 0.544. The van der Waals surface area contributed by atoms with E-state index in [4.69, 9.17) is 9.47 Å². The van der Waals surface area contributed by atoms with Crippen LogP contribution in [0.15, 0.2) is 24.5 Å². The Bertz CT molecular complexity index is 940. The molecular weight excluding hydrogens is 384 g/mol. The number of anilines is 1. The van der Waals surface area contributed by atoms with E-state index in [1.165, 1.54) is 0 Å². The zero-order chi connectivity index (χ0) is 20.9. The molecule has 9 heteroatoms. The summed E-state index contributed by atoms with van der Waals surface area (Å²) >= 11 is 0. The van der Waals surface area contributed by atoms with Crippen molar-refractivity contribution in [3.05, 3.63) is 30.1 Å². The van der Waals surface area contributed by atoms with Gasteiger partial charge in [0.05, 0.1) is 37.1 Å². The number of hydrogen-bond acceptors (Lipinski definition) is 8. The SMILES string of the molecule is CC1CN(c2ccc(C#N)c3nccnc23)CC(C(=O)NCCN2CCOCC2)O1. The fourth-order valence-electron chi connectivity index (χ4n) is 3.96. The first kappa shape index (κ1) is 20.5. The van der Waals surface area contributed by atoms with Crippen molar-refractivity contribution in [2.45, 2.75) is 19.1 Å². The summed E-state index contributed by atoms with van der Waals surface area (Å²) < 4.78 is 11.3. The minimum absolute atomic E-state index is 0.108. The van der Waals surface area contributed by atoms with Crippen molar-refractivity contribution in [2.24, 2.45) is 0 Å². The second kappa shape index (κ2) is 9.34. The highest BCUT2D eigenvalue weighted by Crippen LogP contribution is 2.28. The van der Waals surface area contributed by atoms with Gasteiger partial charge in [-0.25, -0.2) is 0 Å². The van der Waals surface area contributed by atoms with E-state index < -0.39 is 6.10 Å². The molecule has 0 spiro atoms. The molecule has 2 saturated heterocycles. The van der Waals surface area contributed by atoms with Gasteiger partial charge in [0.25, 0.3) is 5.91 Å². The van der Waals surface area contributed by atoms with Crippen LogP contribution in [0, 0.1) is 11.3 Å². The average Bonchev–Trinajstić information content (AvgIpc) is 2.78. The van der Waals surface area contributed by atoms with Crippen LogP contribution in [0.5, 0.6) is 0 Å². The number of nitriles is 1. The zero-order valence-electron chi connectivity index (χ0n) is 17.1. The van der Waals surface area contributed by atoms with Crippen molar-refractivity contribution in [1.29, 1.82) is 5.26 Å². The molecule has 0 aliphatic carbocycles. The summed E-state index contributed by atoms with van der Waals surface area (Å²) in [6, 6.07) is 5.79. The van der Waals surface area contributed by atoms with Crippen LogP contribution in [0.4, 0.5) is 5.69 Å². The molecule has 30 heavy (non-hydrogen) atoms. The van der Waals surface area contributed by atoms with Gasteiger partial charge >= 0.3 is 0 Å². The number of nitrogens with one attached hydrogen (secondary N) is 1. The summed E-state index contributed by atoms with van der Waals surface area (Å²) in [6.07, 6.45) is 2.52. The molecule has 4 rings (SSSR count). The maximum atomic E-state index is 12.7. The molecule has 2 aliphatic rings. The number of fused-ring (bicyclic) bond motifs is 1. The Hall–Kier alpha value is -2.80. The number of nitrogens with zero attached hydrogens (tertiary/aromatic N) is 5. The maximum Gasteiger partial charge on any atom is 0.251 e. The minimum Gasteiger partial charge on any atom is -0.379 e. The summed E-state index contributed by atoms with van der Waals surface area (Å²) in [6.45, 7) is 7.68. The van der Waals surface area contributed by atoms with E-state index in [1.54, 1.807) is 18.5 Å². The largest absolute Gasteiger partial charge is 0.379 e. The number of amides is 1. The number of ether oxygens (including phenoxy) is 2. The van der Waals surface area contributed by atoms with E-state index in [2.05, 4.69) is 31.2 Å². The maximum absolute atomic E-state index is 12.7. The van der Waals surface area contributed by atoms with Crippen molar-refractivity contribution in [3.63, 3.8) is 0 Å². The summed E-state index contributed by atoms with van der Waals surface area (Å²) in [4.78, 5) is 25.9. The lowest BCUT2D eigenvalue weighted by molar-refractivity contribution is -0.137. The molecule has 0 saturated carbocycles. The Morgan fingerprint density at radius 3 is 2.77 bits per heavy atom. The number of carbonyl (C=O) groups excluding carboxylic acids is 1. The lowest BCUT2D eigenvalue weighted by atomic mass is 10.1. The molecule has 0 radical (unpaired) electrons. The Morgan fingerprint density at radius 1 is 1.23 bits per heavy atom. The van der Waals surface area contributed by atoms with Crippen molar-refractivity contribution < 1.29 is 14.3 Å². The number of hydrogen-bond donors (Lipinski definition) is 1. The quantitative estimate of drug-likeness (QED) is 0.762. The summed E-state index contributed by atoms with van der Waals surface area (Å²) in [5, 5.41) is 12.4. The van der Waals surface area contributed by atoms with Crippen LogP contribution in [0.25, 0.3) is 11.0 Å². The Balaban J connectivity index is 1.44. The molecule has 2 atom stereocenters. The molecule has 1 aromatic carbocycles. The van der Waals surface area contributed by atoms with Gasteiger partial charge in [-0.15, -0.1) is 0 Å². The van der Waals surface area contributed by atoms with E-state index >= 15 is 0 Å². The second-order valence-corrected chi connectivity index (χ2v) is 7.58. The standard InChI is InChI=1S/C21H26N6O3/c1-15-13-27(17-3-2-16(12-22)19-20(17)24-5-4-23-19)14-18(30-15)21(28)25-6-7-26-8-10-29-11-9-26/h2-5,15,18H,6-11,13-14H2,1H3,(H,25,28). The van der Waals surface area contributed by atoms with E-state index in [0.29, 0.717) is 36.2 Å². The number of benzene rings is 1. The van der Waals surface area contributed by atoms with Crippen molar-refractivity contribution in [2.75, 3.05) is 57.4 Å². The Morgan fingerprint density at radius 2 is 2.00 bits per heavy atom. The first-order chi connectivity index (χ1) is 14.7. The van der Waals surface area contributed by atoms with E-state index in [0.717, 1.165) is 38.5 Å². The van der Waals surface area contributed by atoms with Crippen LogP contribution < -0.4 is 10.2 Å². The molecule has 2 aromatic rings.